The molecule has 0 aliphatic heterocycles. The first kappa shape index (κ1) is 20.2. The SMILES string of the molecule is CC(Sc1nc2cc(Cl)ccc2c(=O)n1Cc1ccco1)c1cccc([N+](=O)[O-])c1. The molecular weight excluding hydrogens is 426 g/mol. The highest BCUT2D eigenvalue weighted by Crippen LogP contribution is 2.35. The lowest BCUT2D eigenvalue weighted by Gasteiger charge is -2.16. The molecule has 0 saturated carbocycles. The molecule has 30 heavy (non-hydrogen) atoms. The molecule has 0 N–H and O–H groups in total. The molecule has 0 aliphatic rings. The van der Waals surface area contributed by atoms with E-state index < -0.39 is 4.92 Å². The monoisotopic (exact) mass is 441 g/mol. The second-order valence-electron chi connectivity index (χ2n) is 6.64. The standard InChI is InChI=1S/C21H16ClN3O4S/c1-13(14-4-2-5-16(10-14)25(27)28)30-21-23-19-11-15(22)7-8-18(19)20(26)24(21)12-17-6-3-9-29-17/h2-11,13H,12H2,1H3. The predicted octanol–water partition coefficient (Wildman–Crippen LogP) is 5.45. The second-order valence-corrected chi connectivity index (χ2v) is 8.38. The molecule has 0 saturated heterocycles. The number of nitro groups is 1. The number of nitrogens with zero attached hydrogens (tertiary/aromatic N) is 3. The Morgan fingerprint density at radius 3 is 2.80 bits per heavy atom. The Morgan fingerprint density at radius 2 is 2.07 bits per heavy atom. The highest BCUT2D eigenvalue weighted by molar-refractivity contribution is 7.99. The van der Waals surface area contributed by atoms with Crippen LogP contribution in [0, 0.1) is 10.1 Å². The van der Waals surface area contributed by atoms with Gasteiger partial charge in [0.2, 0.25) is 0 Å². The number of halogens is 1. The maximum atomic E-state index is 13.2. The summed E-state index contributed by atoms with van der Waals surface area (Å²) in [4.78, 5) is 28.5. The molecule has 2 aromatic carbocycles. The van der Waals surface area contributed by atoms with E-state index in [9.17, 15) is 14.9 Å². The van der Waals surface area contributed by atoms with Gasteiger partial charge in [0.25, 0.3) is 11.2 Å². The fourth-order valence-corrected chi connectivity index (χ4v) is 4.27. The molecule has 0 amide bonds. The average molecular weight is 442 g/mol. The number of fused-ring (bicyclic) bond motifs is 1. The van der Waals surface area contributed by atoms with Crippen molar-refractivity contribution >= 4 is 40.0 Å². The number of hydrogen-bond acceptors (Lipinski definition) is 6. The lowest BCUT2D eigenvalue weighted by atomic mass is 10.1. The smallest absolute Gasteiger partial charge is 0.269 e. The maximum absolute atomic E-state index is 13.2. The Kier molecular flexibility index (Phi) is 5.61. The Hall–Kier alpha value is -3.10. The summed E-state index contributed by atoms with van der Waals surface area (Å²) in [5.74, 6) is 0.622. The summed E-state index contributed by atoms with van der Waals surface area (Å²) >= 11 is 7.44. The van der Waals surface area contributed by atoms with Gasteiger partial charge in [-0.15, -0.1) is 0 Å². The minimum atomic E-state index is -0.427. The van der Waals surface area contributed by atoms with Gasteiger partial charge in [-0.25, -0.2) is 4.98 Å². The van der Waals surface area contributed by atoms with E-state index in [0.29, 0.717) is 26.8 Å². The van der Waals surface area contributed by atoms with E-state index in [4.69, 9.17) is 16.0 Å². The van der Waals surface area contributed by atoms with E-state index in [0.717, 1.165) is 5.56 Å². The van der Waals surface area contributed by atoms with Crippen molar-refractivity contribution in [2.45, 2.75) is 23.9 Å². The maximum Gasteiger partial charge on any atom is 0.269 e. The number of thioether (sulfide) groups is 1. The normalized spacial score (nSPS) is 12.2. The number of rotatable bonds is 6. The largest absolute Gasteiger partial charge is 0.467 e. The highest BCUT2D eigenvalue weighted by atomic mass is 35.5. The van der Waals surface area contributed by atoms with Crippen molar-refractivity contribution in [3.05, 3.63) is 97.7 Å². The van der Waals surface area contributed by atoms with Gasteiger partial charge in [-0.2, -0.15) is 0 Å². The van der Waals surface area contributed by atoms with Crippen LogP contribution in [0.2, 0.25) is 5.02 Å². The number of hydrogen-bond donors (Lipinski definition) is 0. The molecule has 1 unspecified atom stereocenters. The van der Waals surface area contributed by atoms with Gasteiger partial charge in [0.15, 0.2) is 5.16 Å². The fraction of sp³-hybridized carbons (Fsp3) is 0.143. The topological polar surface area (TPSA) is 91.2 Å². The molecule has 0 spiro atoms. The summed E-state index contributed by atoms with van der Waals surface area (Å²) in [6.45, 7) is 2.14. The van der Waals surface area contributed by atoms with Crippen molar-refractivity contribution in [1.29, 1.82) is 0 Å². The van der Waals surface area contributed by atoms with Crippen LogP contribution in [0.25, 0.3) is 10.9 Å². The van der Waals surface area contributed by atoms with Crippen LogP contribution in [-0.2, 0) is 6.54 Å². The first-order chi connectivity index (χ1) is 14.4. The molecular formula is C21H16ClN3O4S. The van der Waals surface area contributed by atoms with Crippen LogP contribution in [0.15, 0.2) is 75.2 Å². The van der Waals surface area contributed by atoms with Crippen LogP contribution in [0.4, 0.5) is 5.69 Å². The van der Waals surface area contributed by atoms with Crippen molar-refractivity contribution < 1.29 is 9.34 Å². The minimum Gasteiger partial charge on any atom is -0.467 e. The van der Waals surface area contributed by atoms with Gasteiger partial charge in [0.05, 0.1) is 28.6 Å². The van der Waals surface area contributed by atoms with Gasteiger partial charge in [0.1, 0.15) is 5.76 Å². The zero-order chi connectivity index (χ0) is 21.3. The summed E-state index contributed by atoms with van der Waals surface area (Å²) in [6.07, 6.45) is 1.55. The van der Waals surface area contributed by atoms with Gasteiger partial charge in [0, 0.05) is 22.4 Å². The molecule has 7 nitrogen and oxygen atoms in total. The minimum absolute atomic E-state index is 0.0196. The molecule has 152 valence electrons. The quantitative estimate of drug-likeness (QED) is 0.171. The third-order valence-corrected chi connectivity index (χ3v) is 5.99. The molecule has 0 radical (unpaired) electrons. The van der Waals surface area contributed by atoms with Gasteiger partial charge in [-0.05, 0) is 42.8 Å². The van der Waals surface area contributed by atoms with Crippen molar-refractivity contribution in [3.8, 4) is 0 Å². The first-order valence-corrected chi connectivity index (χ1v) is 10.3. The van der Waals surface area contributed by atoms with Gasteiger partial charge >= 0.3 is 0 Å². The molecule has 1 atom stereocenters. The van der Waals surface area contributed by atoms with Crippen molar-refractivity contribution in [3.63, 3.8) is 0 Å². The number of nitro benzene ring substituents is 1. The third kappa shape index (κ3) is 4.10. The average Bonchev–Trinajstić information content (AvgIpc) is 3.24. The van der Waals surface area contributed by atoms with Crippen molar-refractivity contribution in [1.82, 2.24) is 9.55 Å². The first-order valence-electron chi connectivity index (χ1n) is 9.06. The van der Waals surface area contributed by atoms with Gasteiger partial charge in [-0.3, -0.25) is 19.5 Å². The van der Waals surface area contributed by atoms with Gasteiger partial charge in [-0.1, -0.05) is 35.5 Å². The Bertz CT molecular complexity index is 1290. The number of benzene rings is 2. The lowest BCUT2D eigenvalue weighted by molar-refractivity contribution is -0.384. The summed E-state index contributed by atoms with van der Waals surface area (Å²) < 4.78 is 6.97. The van der Waals surface area contributed by atoms with E-state index in [1.807, 2.05) is 13.0 Å². The summed E-state index contributed by atoms with van der Waals surface area (Å²) in [7, 11) is 0. The zero-order valence-electron chi connectivity index (χ0n) is 15.8. The summed E-state index contributed by atoms with van der Waals surface area (Å²) in [6, 6.07) is 15.0. The van der Waals surface area contributed by atoms with Crippen LogP contribution in [-0.4, -0.2) is 14.5 Å². The molecule has 0 fully saturated rings. The Morgan fingerprint density at radius 1 is 1.23 bits per heavy atom. The number of non-ortho nitro benzene ring substituents is 1. The van der Waals surface area contributed by atoms with Crippen LogP contribution in [0.1, 0.15) is 23.5 Å². The van der Waals surface area contributed by atoms with E-state index in [1.54, 1.807) is 47.2 Å². The molecule has 9 heteroatoms. The third-order valence-electron chi connectivity index (χ3n) is 4.61. The second kappa shape index (κ2) is 8.33. The molecule has 2 heterocycles. The van der Waals surface area contributed by atoms with Crippen molar-refractivity contribution in [2.75, 3.05) is 0 Å². The summed E-state index contributed by atoms with van der Waals surface area (Å²) in [5.41, 5.74) is 1.07. The lowest BCUT2D eigenvalue weighted by Crippen LogP contribution is -2.24. The highest BCUT2D eigenvalue weighted by Gasteiger charge is 2.18. The summed E-state index contributed by atoms with van der Waals surface area (Å²) in [5, 5.41) is 12.3. The molecule has 4 aromatic rings. The van der Waals surface area contributed by atoms with Crippen LogP contribution >= 0.6 is 23.4 Å². The Labute approximate surface area is 180 Å². The van der Waals surface area contributed by atoms with Crippen LogP contribution in [0.5, 0.6) is 0 Å². The van der Waals surface area contributed by atoms with Crippen LogP contribution in [0.3, 0.4) is 0 Å². The molecule has 0 aliphatic carbocycles. The fourth-order valence-electron chi connectivity index (χ4n) is 3.08. The molecule has 2 aromatic heterocycles. The van der Waals surface area contributed by atoms with Gasteiger partial charge < -0.3 is 4.42 Å². The van der Waals surface area contributed by atoms with Crippen LogP contribution < -0.4 is 5.56 Å². The molecule has 0 bridgehead atoms. The van der Waals surface area contributed by atoms with Crippen molar-refractivity contribution in [2.24, 2.45) is 0 Å². The number of furan rings is 1. The van der Waals surface area contributed by atoms with E-state index in [2.05, 4.69) is 4.98 Å². The molecule has 4 rings (SSSR count). The number of aromatic nitrogens is 2. The Balaban J connectivity index is 1.78. The zero-order valence-corrected chi connectivity index (χ0v) is 17.4. The predicted molar refractivity (Wildman–Crippen MR) is 116 cm³/mol. The van der Waals surface area contributed by atoms with E-state index in [1.165, 1.54) is 23.9 Å². The van der Waals surface area contributed by atoms with E-state index >= 15 is 0 Å². The van der Waals surface area contributed by atoms with E-state index in [-0.39, 0.29) is 23.0 Å².